The average Bonchev–Trinajstić information content (AvgIpc) is 3.24. The van der Waals surface area contributed by atoms with Crippen molar-refractivity contribution in [2.24, 2.45) is 0 Å². The fourth-order valence-electron chi connectivity index (χ4n) is 3.01. The van der Waals surface area contributed by atoms with Gasteiger partial charge in [0.1, 0.15) is 18.1 Å². The van der Waals surface area contributed by atoms with Crippen molar-refractivity contribution in [3.05, 3.63) is 89.5 Å². The van der Waals surface area contributed by atoms with E-state index in [2.05, 4.69) is 0 Å². The van der Waals surface area contributed by atoms with E-state index in [0.29, 0.717) is 23.7 Å². The number of carbonyl (C=O) groups is 1. The molecule has 0 radical (unpaired) electrons. The van der Waals surface area contributed by atoms with E-state index in [9.17, 15) is 4.79 Å². The lowest BCUT2D eigenvalue weighted by atomic mass is 10.1. The van der Waals surface area contributed by atoms with Gasteiger partial charge in [-0.15, -0.1) is 0 Å². The minimum atomic E-state index is -0.110. The van der Waals surface area contributed by atoms with Crippen LogP contribution in [0.15, 0.2) is 72.8 Å². The number of para-hydroxylation sites is 1. The highest BCUT2D eigenvalue weighted by atomic mass is 16.7. The number of allylic oxidation sites excluding steroid dienone is 1. The zero-order chi connectivity index (χ0) is 20.1. The van der Waals surface area contributed by atoms with Crippen LogP contribution >= 0.6 is 0 Å². The van der Waals surface area contributed by atoms with Gasteiger partial charge >= 0.3 is 0 Å². The van der Waals surface area contributed by atoms with Crippen molar-refractivity contribution < 1.29 is 23.7 Å². The summed E-state index contributed by atoms with van der Waals surface area (Å²) in [4.78, 5) is 12.5. The lowest BCUT2D eigenvalue weighted by Gasteiger charge is -2.11. The second-order valence-electron chi connectivity index (χ2n) is 6.44. The Morgan fingerprint density at radius 1 is 1.00 bits per heavy atom. The molecular formula is C24H20O5. The molecule has 0 unspecified atom stereocenters. The number of ketones is 1. The molecule has 3 aromatic carbocycles. The van der Waals surface area contributed by atoms with Crippen molar-refractivity contribution in [1.29, 1.82) is 0 Å². The Labute approximate surface area is 169 Å². The fourth-order valence-corrected chi connectivity index (χ4v) is 3.01. The van der Waals surface area contributed by atoms with Gasteiger partial charge in [-0.05, 0) is 54.1 Å². The highest BCUT2D eigenvalue weighted by molar-refractivity contribution is 6.07. The van der Waals surface area contributed by atoms with Crippen LogP contribution in [0.4, 0.5) is 0 Å². The predicted octanol–water partition coefficient (Wildman–Crippen LogP) is 4.90. The molecule has 0 amide bonds. The van der Waals surface area contributed by atoms with Crippen LogP contribution in [0.2, 0.25) is 0 Å². The van der Waals surface area contributed by atoms with Gasteiger partial charge in [-0.25, -0.2) is 0 Å². The molecule has 0 N–H and O–H groups in total. The molecule has 0 atom stereocenters. The minimum Gasteiger partial charge on any atom is -0.496 e. The number of hydrogen-bond acceptors (Lipinski definition) is 5. The number of fused-ring (bicyclic) bond motifs is 1. The third kappa shape index (κ3) is 4.41. The quantitative estimate of drug-likeness (QED) is 0.426. The summed E-state index contributed by atoms with van der Waals surface area (Å²) in [7, 11) is 1.63. The average molecular weight is 388 g/mol. The van der Waals surface area contributed by atoms with E-state index in [1.54, 1.807) is 37.5 Å². The summed E-state index contributed by atoms with van der Waals surface area (Å²) < 4.78 is 21.9. The monoisotopic (exact) mass is 388 g/mol. The summed E-state index contributed by atoms with van der Waals surface area (Å²) in [6.45, 7) is 0.549. The number of methoxy groups -OCH3 is 1. The van der Waals surface area contributed by atoms with Crippen molar-refractivity contribution in [2.45, 2.75) is 6.61 Å². The van der Waals surface area contributed by atoms with E-state index in [1.807, 2.05) is 48.5 Å². The summed E-state index contributed by atoms with van der Waals surface area (Å²) in [5.41, 5.74) is 2.33. The lowest BCUT2D eigenvalue weighted by molar-refractivity contribution is 0.104. The van der Waals surface area contributed by atoms with E-state index >= 15 is 0 Å². The van der Waals surface area contributed by atoms with E-state index in [1.165, 1.54) is 0 Å². The zero-order valence-electron chi connectivity index (χ0n) is 16.0. The van der Waals surface area contributed by atoms with Gasteiger partial charge in [0.15, 0.2) is 17.3 Å². The van der Waals surface area contributed by atoms with E-state index in [-0.39, 0.29) is 12.6 Å². The molecule has 1 heterocycles. The summed E-state index contributed by atoms with van der Waals surface area (Å²) in [5.74, 6) is 2.66. The molecule has 0 spiro atoms. The summed E-state index contributed by atoms with van der Waals surface area (Å²) in [6, 6.07) is 20.5. The first-order valence-corrected chi connectivity index (χ1v) is 9.20. The zero-order valence-corrected chi connectivity index (χ0v) is 16.0. The summed E-state index contributed by atoms with van der Waals surface area (Å²) in [6.07, 6.45) is 3.32. The maximum Gasteiger partial charge on any atom is 0.231 e. The lowest BCUT2D eigenvalue weighted by Crippen LogP contribution is -1.99. The molecule has 29 heavy (non-hydrogen) atoms. The van der Waals surface area contributed by atoms with Gasteiger partial charge < -0.3 is 18.9 Å². The second kappa shape index (κ2) is 8.52. The molecule has 0 aromatic heterocycles. The Kier molecular flexibility index (Phi) is 5.47. The number of benzene rings is 3. The Balaban J connectivity index is 1.48. The van der Waals surface area contributed by atoms with Crippen LogP contribution < -0.4 is 18.9 Å². The molecule has 0 bridgehead atoms. The topological polar surface area (TPSA) is 54.0 Å². The van der Waals surface area contributed by atoms with Crippen LogP contribution in [0.3, 0.4) is 0 Å². The van der Waals surface area contributed by atoms with Crippen LogP contribution in [-0.2, 0) is 6.61 Å². The molecule has 5 nitrogen and oxygen atoms in total. The number of ether oxygens (including phenoxy) is 4. The maximum atomic E-state index is 12.5. The van der Waals surface area contributed by atoms with Crippen molar-refractivity contribution in [2.75, 3.05) is 13.9 Å². The Morgan fingerprint density at radius 2 is 1.83 bits per heavy atom. The van der Waals surface area contributed by atoms with Gasteiger partial charge in [-0.2, -0.15) is 0 Å². The molecule has 5 heteroatoms. The van der Waals surface area contributed by atoms with Crippen LogP contribution in [0.1, 0.15) is 21.5 Å². The van der Waals surface area contributed by atoms with Gasteiger partial charge in [-0.1, -0.05) is 30.3 Å². The SMILES string of the molecule is COc1ccc(/C=C/C(=O)c2ccc3c(c2)OCO3)cc1COc1ccccc1. The minimum absolute atomic E-state index is 0.110. The Bertz CT molecular complexity index is 1040. The van der Waals surface area contributed by atoms with E-state index in [0.717, 1.165) is 22.6 Å². The first-order chi connectivity index (χ1) is 14.2. The molecule has 4 rings (SSSR count). The molecule has 0 saturated carbocycles. The van der Waals surface area contributed by atoms with E-state index < -0.39 is 0 Å². The fraction of sp³-hybridized carbons (Fsp3) is 0.125. The summed E-state index contributed by atoms with van der Waals surface area (Å²) in [5, 5.41) is 0. The Morgan fingerprint density at radius 3 is 2.66 bits per heavy atom. The van der Waals surface area contributed by atoms with E-state index in [4.69, 9.17) is 18.9 Å². The highest BCUT2D eigenvalue weighted by Gasteiger charge is 2.15. The smallest absolute Gasteiger partial charge is 0.231 e. The molecule has 146 valence electrons. The van der Waals surface area contributed by atoms with Crippen LogP contribution in [0, 0.1) is 0 Å². The number of carbonyl (C=O) groups excluding carboxylic acids is 1. The van der Waals surface area contributed by atoms with Gasteiger partial charge in [0.25, 0.3) is 0 Å². The third-order valence-electron chi connectivity index (χ3n) is 4.53. The molecule has 0 saturated heterocycles. The first kappa shape index (κ1) is 18.6. The number of hydrogen-bond donors (Lipinski definition) is 0. The molecular weight excluding hydrogens is 368 g/mol. The second-order valence-corrected chi connectivity index (χ2v) is 6.44. The molecule has 0 fully saturated rings. The normalized spacial score (nSPS) is 12.2. The highest BCUT2D eigenvalue weighted by Crippen LogP contribution is 2.32. The van der Waals surface area contributed by atoms with Gasteiger partial charge in [-0.3, -0.25) is 4.79 Å². The van der Waals surface area contributed by atoms with Gasteiger partial charge in [0.05, 0.1) is 7.11 Å². The summed E-state index contributed by atoms with van der Waals surface area (Å²) >= 11 is 0. The largest absolute Gasteiger partial charge is 0.496 e. The van der Waals surface area contributed by atoms with Crippen LogP contribution in [-0.4, -0.2) is 19.7 Å². The first-order valence-electron chi connectivity index (χ1n) is 9.20. The molecule has 1 aliphatic heterocycles. The maximum absolute atomic E-state index is 12.5. The van der Waals surface area contributed by atoms with Crippen molar-refractivity contribution in [3.63, 3.8) is 0 Å². The van der Waals surface area contributed by atoms with Crippen LogP contribution in [0.5, 0.6) is 23.0 Å². The standard InChI is InChI=1S/C24H20O5/c1-26-22-11-8-17(13-19(22)15-27-20-5-3-2-4-6-20)7-10-21(25)18-9-12-23-24(14-18)29-16-28-23/h2-14H,15-16H2,1H3/b10-7+. The number of rotatable bonds is 7. The molecule has 0 aliphatic carbocycles. The van der Waals surface area contributed by atoms with Gasteiger partial charge in [0, 0.05) is 11.1 Å². The van der Waals surface area contributed by atoms with Crippen molar-refractivity contribution in [3.8, 4) is 23.0 Å². The van der Waals surface area contributed by atoms with Crippen molar-refractivity contribution >= 4 is 11.9 Å². The predicted molar refractivity (Wildman–Crippen MR) is 110 cm³/mol. The van der Waals surface area contributed by atoms with Crippen LogP contribution in [0.25, 0.3) is 6.08 Å². The molecule has 1 aliphatic rings. The third-order valence-corrected chi connectivity index (χ3v) is 4.53. The molecule has 3 aromatic rings. The van der Waals surface area contributed by atoms with Crippen molar-refractivity contribution in [1.82, 2.24) is 0 Å². The Hall–Kier alpha value is -3.73. The van der Waals surface area contributed by atoms with Gasteiger partial charge in [0.2, 0.25) is 6.79 Å².